The minimum absolute atomic E-state index is 0.0326. The van der Waals surface area contributed by atoms with Crippen molar-refractivity contribution in [3.63, 3.8) is 0 Å². The summed E-state index contributed by atoms with van der Waals surface area (Å²) in [5.74, 6) is 0.605. The number of carbonyl (C=O) groups excluding carboxylic acids is 3. The lowest BCUT2D eigenvalue weighted by Crippen LogP contribution is -2.12. The summed E-state index contributed by atoms with van der Waals surface area (Å²) in [6.07, 6.45) is 0. The molecule has 4 aromatic rings. The van der Waals surface area contributed by atoms with E-state index >= 15 is 0 Å². The van der Waals surface area contributed by atoms with Gasteiger partial charge in [-0.15, -0.1) is 0 Å². The zero-order valence-corrected chi connectivity index (χ0v) is 22.8. The topological polar surface area (TPSA) is 99.1 Å². The molecule has 0 unspecified atom stereocenters. The van der Waals surface area contributed by atoms with Crippen molar-refractivity contribution in [3.05, 3.63) is 83.9 Å². The van der Waals surface area contributed by atoms with Crippen molar-refractivity contribution in [3.8, 4) is 11.5 Å². The third-order valence-electron chi connectivity index (χ3n) is 5.53. The first-order chi connectivity index (χ1) is 18.4. The van der Waals surface area contributed by atoms with E-state index in [0.29, 0.717) is 22.6 Å². The fourth-order valence-electron chi connectivity index (χ4n) is 3.95. The number of rotatable bonds is 10. The molecular formula is C30H29BrO7. The van der Waals surface area contributed by atoms with E-state index in [2.05, 4.69) is 15.9 Å². The van der Waals surface area contributed by atoms with Gasteiger partial charge < -0.3 is 19.3 Å². The maximum Gasteiger partial charge on any atom is 0.302 e. The first-order valence-corrected chi connectivity index (χ1v) is 13.1. The van der Waals surface area contributed by atoms with Gasteiger partial charge in [0.2, 0.25) is 0 Å². The number of ether oxygens (including phenoxy) is 3. The van der Waals surface area contributed by atoms with Crippen LogP contribution in [0.2, 0.25) is 0 Å². The van der Waals surface area contributed by atoms with Gasteiger partial charge >= 0.3 is 5.97 Å². The summed E-state index contributed by atoms with van der Waals surface area (Å²) in [5, 5.41) is 12.7. The summed E-state index contributed by atoms with van der Waals surface area (Å²) >= 11 is 3.20. The molecule has 0 spiro atoms. The molecule has 38 heavy (non-hydrogen) atoms. The van der Waals surface area contributed by atoms with Crippen molar-refractivity contribution < 1.29 is 33.7 Å². The summed E-state index contributed by atoms with van der Waals surface area (Å²) in [7, 11) is 0. The van der Waals surface area contributed by atoms with Crippen LogP contribution >= 0.6 is 15.9 Å². The lowest BCUT2D eigenvalue weighted by Gasteiger charge is -2.13. The highest BCUT2D eigenvalue weighted by atomic mass is 79.9. The maximum absolute atomic E-state index is 12.2. The predicted molar refractivity (Wildman–Crippen MR) is 151 cm³/mol. The Morgan fingerprint density at radius 1 is 0.711 bits per heavy atom. The molecule has 0 fully saturated rings. The minimum atomic E-state index is -0.353. The lowest BCUT2D eigenvalue weighted by molar-refractivity contribution is -0.141. The van der Waals surface area contributed by atoms with E-state index in [1.165, 1.54) is 13.8 Å². The Morgan fingerprint density at radius 2 is 1.24 bits per heavy atom. The number of alkyl halides is 1. The van der Waals surface area contributed by atoms with Gasteiger partial charge in [0.25, 0.3) is 0 Å². The van der Waals surface area contributed by atoms with E-state index in [0.717, 1.165) is 21.5 Å². The fraction of sp³-hybridized carbons (Fsp3) is 0.233. The Bertz CT molecular complexity index is 1430. The number of hydrogen-bond acceptors (Lipinski definition) is 7. The van der Waals surface area contributed by atoms with Gasteiger partial charge in [0.1, 0.15) is 31.3 Å². The normalized spacial score (nSPS) is 10.4. The SMILES string of the molecule is CC(=O)OCCOc1ccc2ccccc2c1C(=O)CBr.CC(=O)c1c(OCCO)ccc2ccccc12. The van der Waals surface area contributed by atoms with Gasteiger partial charge in [-0.3, -0.25) is 14.4 Å². The van der Waals surface area contributed by atoms with Crippen LogP contribution in [0.5, 0.6) is 11.5 Å². The van der Waals surface area contributed by atoms with Crippen LogP contribution in [0, 0.1) is 0 Å². The highest BCUT2D eigenvalue weighted by Crippen LogP contribution is 2.30. The van der Waals surface area contributed by atoms with Crippen molar-refractivity contribution in [2.24, 2.45) is 0 Å². The number of esters is 1. The molecule has 0 aliphatic rings. The molecule has 7 nitrogen and oxygen atoms in total. The second kappa shape index (κ2) is 14.3. The lowest BCUT2D eigenvalue weighted by atomic mass is 10.0. The van der Waals surface area contributed by atoms with Crippen molar-refractivity contribution in [1.82, 2.24) is 0 Å². The highest BCUT2D eigenvalue weighted by molar-refractivity contribution is 9.09. The van der Waals surface area contributed by atoms with Gasteiger partial charge in [-0.05, 0) is 40.6 Å². The van der Waals surface area contributed by atoms with Crippen LogP contribution in [0.15, 0.2) is 72.8 Å². The zero-order valence-electron chi connectivity index (χ0n) is 21.2. The van der Waals surface area contributed by atoms with Crippen molar-refractivity contribution in [1.29, 1.82) is 0 Å². The monoisotopic (exact) mass is 580 g/mol. The fourth-order valence-corrected chi connectivity index (χ4v) is 4.23. The van der Waals surface area contributed by atoms with Gasteiger partial charge in [0, 0.05) is 6.92 Å². The van der Waals surface area contributed by atoms with E-state index in [-0.39, 0.29) is 49.3 Å². The van der Waals surface area contributed by atoms with Gasteiger partial charge in [0.15, 0.2) is 11.6 Å². The van der Waals surface area contributed by atoms with Crippen LogP contribution in [-0.4, -0.2) is 54.4 Å². The van der Waals surface area contributed by atoms with E-state index in [1.807, 2.05) is 60.7 Å². The molecule has 0 aliphatic carbocycles. The minimum Gasteiger partial charge on any atom is -0.490 e. The van der Waals surface area contributed by atoms with Crippen molar-refractivity contribution in [2.75, 3.05) is 31.8 Å². The number of aliphatic hydroxyl groups is 1. The number of benzene rings is 4. The first kappa shape index (κ1) is 28.8. The highest BCUT2D eigenvalue weighted by Gasteiger charge is 2.16. The number of halogens is 1. The summed E-state index contributed by atoms with van der Waals surface area (Å²) in [6, 6.07) is 22.7. The van der Waals surface area contributed by atoms with Gasteiger partial charge in [-0.1, -0.05) is 76.6 Å². The number of ketones is 2. The van der Waals surface area contributed by atoms with E-state index < -0.39 is 0 Å². The molecule has 0 atom stereocenters. The smallest absolute Gasteiger partial charge is 0.302 e. The Kier molecular flexibility index (Phi) is 10.8. The average molecular weight is 581 g/mol. The van der Waals surface area contributed by atoms with Crippen molar-refractivity contribution in [2.45, 2.75) is 13.8 Å². The maximum atomic E-state index is 12.2. The van der Waals surface area contributed by atoms with Crippen LogP contribution in [-0.2, 0) is 9.53 Å². The summed E-state index contributed by atoms with van der Waals surface area (Å²) in [6.45, 7) is 3.36. The molecule has 0 aliphatic heterocycles. The molecule has 0 aromatic heterocycles. The Balaban J connectivity index is 0.000000215. The summed E-state index contributed by atoms with van der Waals surface area (Å²) < 4.78 is 15.8. The Morgan fingerprint density at radius 3 is 1.76 bits per heavy atom. The van der Waals surface area contributed by atoms with Crippen LogP contribution in [0.1, 0.15) is 34.6 Å². The second-order valence-electron chi connectivity index (χ2n) is 8.19. The molecule has 4 rings (SSSR count). The molecular weight excluding hydrogens is 552 g/mol. The molecule has 4 aromatic carbocycles. The zero-order chi connectivity index (χ0) is 27.5. The van der Waals surface area contributed by atoms with Crippen LogP contribution < -0.4 is 9.47 Å². The number of carbonyl (C=O) groups is 3. The third-order valence-corrected chi connectivity index (χ3v) is 6.04. The molecule has 0 radical (unpaired) electrons. The molecule has 0 bridgehead atoms. The molecule has 1 N–H and O–H groups in total. The third kappa shape index (κ3) is 7.40. The number of fused-ring (bicyclic) bond motifs is 2. The van der Waals surface area contributed by atoms with Crippen LogP contribution in [0.25, 0.3) is 21.5 Å². The molecule has 0 heterocycles. The average Bonchev–Trinajstić information content (AvgIpc) is 2.93. The van der Waals surface area contributed by atoms with Gasteiger partial charge in [-0.25, -0.2) is 0 Å². The molecule has 0 saturated carbocycles. The van der Waals surface area contributed by atoms with E-state index in [4.69, 9.17) is 19.3 Å². The van der Waals surface area contributed by atoms with Gasteiger partial charge in [0.05, 0.1) is 23.1 Å². The van der Waals surface area contributed by atoms with E-state index in [1.54, 1.807) is 12.1 Å². The molecule has 198 valence electrons. The Hall–Kier alpha value is -3.75. The van der Waals surface area contributed by atoms with Gasteiger partial charge in [-0.2, -0.15) is 0 Å². The van der Waals surface area contributed by atoms with E-state index in [9.17, 15) is 14.4 Å². The standard InChI is InChI=1S/C16H15BrO4.C14H14O3/c1-11(18)20-8-9-21-15-7-6-12-4-2-3-5-13(12)16(15)14(19)10-17;1-10(16)14-12-5-3-2-4-11(12)6-7-13(14)17-9-8-15/h2-7H,8-10H2,1H3;2-7,15H,8-9H2,1H3. The van der Waals surface area contributed by atoms with Crippen LogP contribution in [0.3, 0.4) is 0 Å². The first-order valence-electron chi connectivity index (χ1n) is 12.0. The molecule has 0 saturated heterocycles. The summed E-state index contributed by atoms with van der Waals surface area (Å²) in [5.41, 5.74) is 1.13. The van der Waals surface area contributed by atoms with Crippen molar-refractivity contribution >= 4 is 55.0 Å². The molecule has 0 amide bonds. The second-order valence-corrected chi connectivity index (χ2v) is 8.75. The number of Topliss-reactive ketones (excluding diaryl/α,β-unsaturated/α-hetero) is 2. The van der Waals surface area contributed by atoms with Crippen LogP contribution in [0.4, 0.5) is 0 Å². The largest absolute Gasteiger partial charge is 0.490 e. The Labute approximate surface area is 229 Å². The number of aliphatic hydroxyl groups excluding tert-OH is 1. The quantitative estimate of drug-likeness (QED) is 0.110. The predicted octanol–water partition coefficient (Wildman–Crippen LogP) is 5.77. The molecule has 8 heteroatoms. The summed E-state index contributed by atoms with van der Waals surface area (Å²) in [4.78, 5) is 34.6. The number of hydrogen-bond donors (Lipinski definition) is 1.